The van der Waals surface area contributed by atoms with E-state index in [9.17, 15) is 19.2 Å². The van der Waals surface area contributed by atoms with Crippen molar-refractivity contribution in [1.29, 1.82) is 0 Å². The summed E-state index contributed by atoms with van der Waals surface area (Å²) < 4.78 is 5.30. The largest absolute Gasteiger partial charge is 0.378 e. The number of carbonyl (C=O) groups is 4. The lowest BCUT2D eigenvalue weighted by Gasteiger charge is -2.43. The smallest absolute Gasteiger partial charge is 0.325 e. The van der Waals surface area contributed by atoms with Gasteiger partial charge in [0.15, 0.2) is 0 Å². The molecule has 9 nitrogen and oxygen atoms in total. The molecule has 4 rings (SSSR count). The lowest BCUT2D eigenvalue weighted by Crippen LogP contribution is -2.54. The number of rotatable bonds is 4. The number of benzene rings is 1. The van der Waals surface area contributed by atoms with Crippen LogP contribution in [0.2, 0.25) is 0 Å². The van der Waals surface area contributed by atoms with Crippen LogP contribution < -0.4 is 10.6 Å². The molecule has 3 fully saturated rings. The summed E-state index contributed by atoms with van der Waals surface area (Å²) in [5.74, 6) is -0.785. The quantitative estimate of drug-likeness (QED) is 0.676. The van der Waals surface area contributed by atoms with Crippen molar-refractivity contribution in [3.05, 3.63) is 29.8 Å². The first-order valence-corrected chi connectivity index (χ1v) is 11.5. The van der Waals surface area contributed by atoms with Gasteiger partial charge in [-0.15, -0.1) is 0 Å². The molecule has 0 bridgehead atoms. The molecule has 1 aromatic rings. The van der Waals surface area contributed by atoms with Crippen LogP contribution in [0.5, 0.6) is 0 Å². The van der Waals surface area contributed by atoms with Crippen LogP contribution in [0, 0.1) is 11.3 Å². The van der Waals surface area contributed by atoms with Gasteiger partial charge in [-0.2, -0.15) is 0 Å². The molecule has 2 aliphatic heterocycles. The number of imide groups is 1. The number of ether oxygens (including phenoxy) is 1. The van der Waals surface area contributed by atoms with Gasteiger partial charge in [-0.05, 0) is 42.7 Å². The van der Waals surface area contributed by atoms with E-state index < -0.39 is 24.0 Å². The fourth-order valence-electron chi connectivity index (χ4n) is 5.70. The van der Waals surface area contributed by atoms with E-state index in [1.165, 1.54) is 0 Å². The molecule has 0 radical (unpaired) electrons. The van der Waals surface area contributed by atoms with Crippen molar-refractivity contribution in [3.63, 3.8) is 0 Å². The topological polar surface area (TPSA) is 108 Å². The van der Waals surface area contributed by atoms with Crippen LogP contribution in [-0.2, 0) is 14.3 Å². The van der Waals surface area contributed by atoms with Crippen molar-refractivity contribution in [3.8, 4) is 0 Å². The maximum atomic E-state index is 13.3. The molecule has 3 aliphatic rings. The van der Waals surface area contributed by atoms with Gasteiger partial charge in [0.25, 0.3) is 11.8 Å². The molecule has 1 spiro atoms. The van der Waals surface area contributed by atoms with Crippen molar-refractivity contribution < 1.29 is 23.9 Å². The highest BCUT2D eigenvalue weighted by Crippen LogP contribution is 2.46. The predicted molar refractivity (Wildman–Crippen MR) is 122 cm³/mol. The summed E-state index contributed by atoms with van der Waals surface area (Å²) >= 11 is 0. The van der Waals surface area contributed by atoms with E-state index in [0.29, 0.717) is 50.4 Å². The summed E-state index contributed by atoms with van der Waals surface area (Å²) in [5.41, 5.74) is -0.321. The van der Waals surface area contributed by atoms with Crippen LogP contribution in [0.3, 0.4) is 0 Å². The molecule has 1 aromatic carbocycles. The standard InChI is InChI=1S/C24H32N4O5/c1-16-12-23(2,3)15-24(13-16)21(31)28(22(32)26-24)14-19(29)25-18-7-5-4-6-17(18)20(30)27-8-10-33-11-9-27/h4-7,16H,8-15H2,1-3H3,(H,25,29)(H,26,32). The first kappa shape index (κ1) is 23.2. The van der Waals surface area contributed by atoms with Crippen LogP contribution in [0.25, 0.3) is 0 Å². The van der Waals surface area contributed by atoms with E-state index >= 15 is 0 Å². The Labute approximate surface area is 193 Å². The molecule has 2 atom stereocenters. The van der Waals surface area contributed by atoms with E-state index in [2.05, 4.69) is 31.4 Å². The Morgan fingerprint density at radius 2 is 1.85 bits per heavy atom. The van der Waals surface area contributed by atoms with Gasteiger partial charge >= 0.3 is 6.03 Å². The Morgan fingerprint density at radius 3 is 2.55 bits per heavy atom. The van der Waals surface area contributed by atoms with E-state index in [-0.39, 0.29) is 23.1 Å². The number of para-hydroxylation sites is 1. The lowest BCUT2D eigenvalue weighted by atomic mass is 9.64. The van der Waals surface area contributed by atoms with Crippen molar-refractivity contribution in [2.45, 2.75) is 45.6 Å². The average Bonchev–Trinajstić information content (AvgIpc) is 2.96. The number of hydrogen-bond donors (Lipinski definition) is 2. The molecule has 1 aliphatic carbocycles. The van der Waals surface area contributed by atoms with Gasteiger partial charge in [0, 0.05) is 13.1 Å². The van der Waals surface area contributed by atoms with Gasteiger partial charge in [0.05, 0.1) is 24.5 Å². The molecular formula is C24H32N4O5. The number of urea groups is 1. The number of hydrogen-bond acceptors (Lipinski definition) is 5. The van der Waals surface area contributed by atoms with Crippen LogP contribution in [0.4, 0.5) is 10.5 Å². The zero-order valence-corrected chi connectivity index (χ0v) is 19.5. The average molecular weight is 457 g/mol. The SMILES string of the molecule is CC1CC(C)(C)CC2(C1)NC(=O)N(CC(=O)Nc1ccccc1C(=O)N1CCOCC1)C2=O. The summed E-state index contributed by atoms with van der Waals surface area (Å²) in [5, 5.41) is 5.61. The summed E-state index contributed by atoms with van der Waals surface area (Å²) in [4.78, 5) is 54.4. The number of amides is 5. The minimum Gasteiger partial charge on any atom is -0.378 e. The summed E-state index contributed by atoms with van der Waals surface area (Å²) in [6.45, 7) is 7.80. The molecule has 5 amide bonds. The van der Waals surface area contributed by atoms with Crippen LogP contribution >= 0.6 is 0 Å². The Hall–Kier alpha value is -2.94. The number of morpholine rings is 1. The third-order valence-corrected chi connectivity index (χ3v) is 6.66. The molecule has 2 saturated heterocycles. The van der Waals surface area contributed by atoms with Gasteiger partial charge in [-0.1, -0.05) is 32.9 Å². The minimum absolute atomic E-state index is 0.0856. The van der Waals surface area contributed by atoms with Crippen molar-refractivity contribution >= 4 is 29.4 Å². The maximum absolute atomic E-state index is 13.3. The number of anilines is 1. The fourth-order valence-corrected chi connectivity index (χ4v) is 5.70. The molecule has 9 heteroatoms. The van der Waals surface area contributed by atoms with E-state index in [1.54, 1.807) is 29.2 Å². The van der Waals surface area contributed by atoms with E-state index in [1.807, 2.05) is 0 Å². The molecule has 33 heavy (non-hydrogen) atoms. The number of nitrogens with one attached hydrogen (secondary N) is 2. The molecule has 1 saturated carbocycles. The Kier molecular flexibility index (Phi) is 6.18. The highest BCUT2D eigenvalue weighted by Gasteiger charge is 2.56. The normalized spacial score (nSPS) is 26.9. The van der Waals surface area contributed by atoms with E-state index in [4.69, 9.17) is 4.74 Å². The third-order valence-electron chi connectivity index (χ3n) is 6.66. The Bertz CT molecular complexity index is 971. The summed E-state index contributed by atoms with van der Waals surface area (Å²) in [6, 6.07) is 6.21. The highest BCUT2D eigenvalue weighted by molar-refractivity contribution is 6.11. The van der Waals surface area contributed by atoms with Gasteiger partial charge in [0.1, 0.15) is 12.1 Å². The van der Waals surface area contributed by atoms with Crippen molar-refractivity contribution in [1.82, 2.24) is 15.1 Å². The second-order valence-electron chi connectivity index (χ2n) is 10.3. The number of carbonyl (C=O) groups excluding carboxylic acids is 4. The minimum atomic E-state index is -0.956. The predicted octanol–water partition coefficient (Wildman–Crippen LogP) is 2.23. The fraction of sp³-hybridized carbons (Fsp3) is 0.583. The Morgan fingerprint density at radius 1 is 1.15 bits per heavy atom. The van der Waals surface area contributed by atoms with Gasteiger partial charge in [-0.25, -0.2) is 4.79 Å². The zero-order valence-electron chi connectivity index (χ0n) is 19.5. The second-order valence-corrected chi connectivity index (χ2v) is 10.3. The summed E-state index contributed by atoms with van der Waals surface area (Å²) in [6.07, 6.45) is 2.09. The maximum Gasteiger partial charge on any atom is 0.325 e. The van der Waals surface area contributed by atoms with E-state index in [0.717, 1.165) is 11.3 Å². The Balaban J connectivity index is 1.46. The van der Waals surface area contributed by atoms with Gasteiger partial charge in [0.2, 0.25) is 5.91 Å². The zero-order chi connectivity index (χ0) is 23.8. The van der Waals surface area contributed by atoms with Crippen LogP contribution in [0.15, 0.2) is 24.3 Å². The van der Waals surface area contributed by atoms with Crippen LogP contribution in [-0.4, -0.2) is 71.9 Å². The third kappa shape index (κ3) is 4.73. The van der Waals surface area contributed by atoms with Crippen LogP contribution in [0.1, 0.15) is 50.4 Å². The molecule has 2 unspecified atom stereocenters. The summed E-state index contributed by atoms with van der Waals surface area (Å²) in [7, 11) is 0. The first-order valence-electron chi connectivity index (χ1n) is 11.5. The molecule has 2 N–H and O–H groups in total. The molecule has 2 heterocycles. The monoisotopic (exact) mass is 456 g/mol. The second kappa shape index (κ2) is 8.78. The number of nitrogens with zero attached hydrogens (tertiary/aromatic N) is 2. The molecular weight excluding hydrogens is 424 g/mol. The first-order chi connectivity index (χ1) is 15.6. The molecule has 178 valence electrons. The van der Waals surface area contributed by atoms with Gasteiger partial charge in [-0.3, -0.25) is 19.3 Å². The van der Waals surface area contributed by atoms with Crippen molar-refractivity contribution in [2.75, 3.05) is 38.2 Å². The lowest BCUT2D eigenvalue weighted by molar-refractivity contribution is -0.136. The highest BCUT2D eigenvalue weighted by atomic mass is 16.5. The van der Waals surface area contributed by atoms with Gasteiger partial charge < -0.3 is 20.3 Å². The van der Waals surface area contributed by atoms with Crippen molar-refractivity contribution in [2.24, 2.45) is 11.3 Å². The molecule has 0 aromatic heterocycles.